The quantitative estimate of drug-likeness (QED) is 0.799. The molecule has 2 heterocycles. The van der Waals surface area contributed by atoms with Gasteiger partial charge in [0.05, 0.1) is 5.02 Å². The zero-order valence-corrected chi connectivity index (χ0v) is 17.0. The highest BCUT2D eigenvalue weighted by atomic mass is 35.5. The Kier molecular flexibility index (Phi) is 6.67. The molecule has 0 unspecified atom stereocenters. The SMILES string of the molecule is CCNc1nc(C)cc(N2CCN(C(=O)CCc3ccc(F)c(Cl)c3)CC2)n1. The third kappa shape index (κ3) is 5.10. The summed E-state index contributed by atoms with van der Waals surface area (Å²) in [4.78, 5) is 25.5. The summed E-state index contributed by atoms with van der Waals surface area (Å²) in [5.74, 6) is 1.18. The number of rotatable bonds is 6. The second kappa shape index (κ2) is 9.19. The van der Waals surface area contributed by atoms with Crippen molar-refractivity contribution in [1.29, 1.82) is 0 Å². The molecule has 1 aliphatic heterocycles. The Bertz CT molecular complexity index is 839. The van der Waals surface area contributed by atoms with Crippen LogP contribution in [0.4, 0.5) is 16.2 Å². The maximum absolute atomic E-state index is 13.2. The fourth-order valence-corrected chi connectivity index (χ4v) is 3.44. The maximum atomic E-state index is 13.2. The van der Waals surface area contributed by atoms with E-state index in [4.69, 9.17) is 11.6 Å². The number of anilines is 2. The highest BCUT2D eigenvalue weighted by molar-refractivity contribution is 6.30. The van der Waals surface area contributed by atoms with E-state index in [1.807, 2.05) is 24.8 Å². The van der Waals surface area contributed by atoms with E-state index in [0.717, 1.165) is 36.7 Å². The number of piperazine rings is 1. The Morgan fingerprint density at radius 3 is 2.64 bits per heavy atom. The second-order valence-corrected chi connectivity index (χ2v) is 7.24. The van der Waals surface area contributed by atoms with Gasteiger partial charge in [0.25, 0.3) is 0 Å². The molecule has 8 heteroatoms. The number of hydrogen-bond donors (Lipinski definition) is 1. The van der Waals surface area contributed by atoms with Crippen LogP contribution in [0, 0.1) is 12.7 Å². The molecule has 1 aliphatic rings. The normalized spacial score (nSPS) is 14.3. The molecule has 6 nitrogen and oxygen atoms in total. The van der Waals surface area contributed by atoms with Crippen LogP contribution in [-0.4, -0.2) is 53.5 Å². The lowest BCUT2D eigenvalue weighted by Gasteiger charge is -2.35. The lowest BCUT2D eigenvalue weighted by Crippen LogP contribution is -2.49. The largest absolute Gasteiger partial charge is 0.354 e. The van der Waals surface area contributed by atoms with Crippen molar-refractivity contribution in [3.05, 3.63) is 46.4 Å². The zero-order chi connectivity index (χ0) is 20.1. The van der Waals surface area contributed by atoms with Crippen molar-refractivity contribution in [2.45, 2.75) is 26.7 Å². The zero-order valence-electron chi connectivity index (χ0n) is 16.2. The molecular formula is C20H25ClFN5O. The predicted molar refractivity (Wildman–Crippen MR) is 109 cm³/mol. The Balaban J connectivity index is 1.53. The molecule has 1 N–H and O–H groups in total. The van der Waals surface area contributed by atoms with Crippen LogP contribution in [0.2, 0.25) is 5.02 Å². The minimum atomic E-state index is -0.440. The molecule has 0 saturated carbocycles. The third-order valence-electron chi connectivity index (χ3n) is 4.74. The van der Waals surface area contributed by atoms with Gasteiger partial charge < -0.3 is 15.1 Å². The Morgan fingerprint density at radius 1 is 1.21 bits per heavy atom. The standard InChI is InChI=1S/C20H25ClFN5O/c1-3-23-20-24-14(2)12-18(25-20)26-8-10-27(11-9-26)19(28)7-5-15-4-6-17(22)16(21)13-15/h4,6,12-13H,3,5,7-11H2,1-2H3,(H,23,24,25). The van der Waals surface area contributed by atoms with E-state index >= 15 is 0 Å². The van der Waals surface area contributed by atoms with Crippen molar-refractivity contribution in [2.75, 3.05) is 42.9 Å². The van der Waals surface area contributed by atoms with E-state index in [1.165, 1.54) is 6.07 Å². The number of hydrogen-bond acceptors (Lipinski definition) is 5. The van der Waals surface area contributed by atoms with Crippen molar-refractivity contribution in [1.82, 2.24) is 14.9 Å². The van der Waals surface area contributed by atoms with Gasteiger partial charge in [0.15, 0.2) is 0 Å². The summed E-state index contributed by atoms with van der Waals surface area (Å²) in [6.45, 7) is 7.51. The fraction of sp³-hybridized carbons (Fsp3) is 0.450. The molecule has 150 valence electrons. The van der Waals surface area contributed by atoms with Crippen LogP contribution in [-0.2, 0) is 11.2 Å². The molecule has 0 aliphatic carbocycles. The van der Waals surface area contributed by atoms with Gasteiger partial charge in [-0.3, -0.25) is 4.79 Å². The van der Waals surface area contributed by atoms with Gasteiger partial charge in [0.2, 0.25) is 11.9 Å². The molecule has 0 atom stereocenters. The van der Waals surface area contributed by atoms with Crippen molar-refractivity contribution in [3.8, 4) is 0 Å². The van der Waals surface area contributed by atoms with E-state index in [1.54, 1.807) is 12.1 Å². The molecule has 1 aromatic carbocycles. The first-order chi connectivity index (χ1) is 13.5. The van der Waals surface area contributed by atoms with Gasteiger partial charge in [0.1, 0.15) is 11.6 Å². The van der Waals surface area contributed by atoms with Gasteiger partial charge >= 0.3 is 0 Å². The van der Waals surface area contributed by atoms with Crippen molar-refractivity contribution >= 4 is 29.3 Å². The van der Waals surface area contributed by atoms with Gasteiger partial charge in [-0.15, -0.1) is 0 Å². The molecule has 2 aromatic rings. The van der Waals surface area contributed by atoms with Crippen LogP contribution < -0.4 is 10.2 Å². The van der Waals surface area contributed by atoms with Crippen LogP contribution >= 0.6 is 11.6 Å². The highest BCUT2D eigenvalue weighted by Gasteiger charge is 2.22. The van der Waals surface area contributed by atoms with Crippen molar-refractivity contribution in [2.24, 2.45) is 0 Å². The van der Waals surface area contributed by atoms with E-state index in [-0.39, 0.29) is 10.9 Å². The van der Waals surface area contributed by atoms with E-state index in [9.17, 15) is 9.18 Å². The van der Waals surface area contributed by atoms with Gasteiger partial charge in [-0.25, -0.2) is 9.37 Å². The van der Waals surface area contributed by atoms with Gasteiger partial charge in [0, 0.05) is 50.9 Å². The lowest BCUT2D eigenvalue weighted by molar-refractivity contribution is -0.131. The molecule has 1 aromatic heterocycles. The monoisotopic (exact) mass is 405 g/mol. The smallest absolute Gasteiger partial charge is 0.224 e. The van der Waals surface area contributed by atoms with E-state index < -0.39 is 5.82 Å². The summed E-state index contributed by atoms with van der Waals surface area (Å²) < 4.78 is 13.2. The molecule has 0 radical (unpaired) electrons. The summed E-state index contributed by atoms with van der Waals surface area (Å²) >= 11 is 5.80. The number of carbonyl (C=O) groups excluding carboxylic acids is 1. The molecule has 1 saturated heterocycles. The number of benzene rings is 1. The molecule has 0 spiro atoms. The molecule has 1 fully saturated rings. The first-order valence-corrected chi connectivity index (χ1v) is 9.90. The van der Waals surface area contributed by atoms with Crippen molar-refractivity contribution in [3.63, 3.8) is 0 Å². The van der Waals surface area contributed by atoms with Crippen LogP contribution in [0.15, 0.2) is 24.3 Å². The second-order valence-electron chi connectivity index (χ2n) is 6.84. The van der Waals surface area contributed by atoms with E-state index in [2.05, 4.69) is 20.2 Å². The predicted octanol–water partition coefficient (Wildman–Crippen LogP) is 3.29. The van der Waals surface area contributed by atoms with Crippen LogP contribution in [0.5, 0.6) is 0 Å². The number of aromatic nitrogens is 2. The minimum absolute atomic E-state index is 0.0932. The molecule has 3 rings (SSSR count). The Hall–Kier alpha value is -2.41. The maximum Gasteiger partial charge on any atom is 0.224 e. The highest BCUT2D eigenvalue weighted by Crippen LogP contribution is 2.19. The summed E-state index contributed by atoms with van der Waals surface area (Å²) in [7, 11) is 0. The number of nitrogens with one attached hydrogen (secondary N) is 1. The average molecular weight is 406 g/mol. The van der Waals surface area contributed by atoms with E-state index in [0.29, 0.717) is 31.9 Å². The number of amides is 1. The topological polar surface area (TPSA) is 61.4 Å². The Morgan fingerprint density at radius 2 is 1.96 bits per heavy atom. The van der Waals surface area contributed by atoms with Gasteiger partial charge in [-0.2, -0.15) is 4.98 Å². The number of halogens is 2. The first kappa shape index (κ1) is 20.3. The Labute approximate surface area is 169 Å². The fourth-order valence-electron chi connectivity index (χ4n) is 3.24. The molecule has 0 bridgehead atoms. The lowest BCUT2D eigenvalue weighted by atomic mass is 10.1. The number of nitrogens with zero attached hydrogens (tertiary/aromatic N) is 4. The average Bonchev–Trinajstić information content (AvgIpc) is 2.68. The van der Waals surface area contributed by atoms with Crippen LogP contribution in [0.25, 0.3) is 0 Å². The summed E-state index contributed by atoms with van der Waals surface area (Å²) in [5, 5.41) is 3.24. The van der Waals surface area contributed by atoms with Crippen LogP contribution in [0.3, 0.4) is 0 Å². The summed E-state index contributed by atoms with van der Waals surface area (Å²) in [6.07, 6.45) is 0.940. The third-order valence-corrected chi connectivity index (χ3v) is 5.03. The van der Waals surface area contributed by atoms with Crippen molar-refractivity contribution < 1.29 is 9.18 Å². The van der Waals surface area contributed by atoms with Gasteiger partial charge in [-0.05, 0) is 38.0 Å². The molecule has 1 amide bonds. The summed E-state index contributed by atoms with van der Waals surface area (Å²) in [5.41, 5.74) is 1.78. The van der Waals surface area contributed by atoms with Gasteiger partial charge in [-0.1, -0.05) is 17.7 Å². The summed E-state index contributed by atoms with van der Waals surface area (Å²) in [6, 6.07) is 6.57. The van der Waals surface area contributed by atoms with Crippen LogP contribution in [0.1, 0.15) is 24.6 Å². The minimum Gasteiger partial charge on any atom is -0.354 e. The molecule has 28 heavy (non-hydrogen) atoms. The number of aryl methyl sites for hydroxylation is 2. The molecular weight excluding hydrogens is 381 g/mol. The number of carbonyl (C=O) groups is 1. The first-order valence-electron chi connectivity index (χ1n) is 9.52.